The summed E-state index contributed by atoms with van der Waals surface area (Å²) in [5.41, 5.74) is 2.96. The second-order valence-electron chi connectivity index (χ2n) is 3.70. The predicted octanol–water partition coefficient (Wildman–Crippen LogP) is 1.06. The summed E-state index contributed by atoms with van der Waals surface area (Å²) in [5.74, 6) is 0.142. The van der Waals surface area contributed by atoms with Gasteiger partial charge in [-0.2, -0.15) is 0 Å². The molecule has 0 saturated carbocycles. The molecule has 0 aliphatic heterocycles. The zero-order chi connectivity index (χ0) is 12.0. The molecule has 0 aromatic carbocycles. The van der Waals surface area contributed by atoms with E-state index in [9.17, 15) is 4.79 Å². The molecule has 0 atom stereocenters. The highest BCUT2D eigenvalue weighted by Gasteiger charge is 2.05. The number of likely N-dealkylation sites (N-methyl/N-ethyl adjacent to an activating group) is 1. The van der Waals surface area contributed by atoms with Crippen molar-refractivity contribution in [1.82, 2.24) is 15.2 Å². The van der Waals surface area contributed by atoms with Crippen LogP contribution in [0.25, 0.3) is 0 Å². The highest BCUT2D eigenvalue weighted by molar-refractivity contribution is 7.09. The van der Waals surface area contributed by atoms with Crippen LogP contribution in [0.4, 0.5) is 0 Å². The third-order valence-corrected chi connectivity index (χ3v) is 3.54. The van der Waals surface area contributed by atoms with Crippen LogP contribution in [-0.4, -0.2) is 42.5 Å². The molecule has 1 amide bonds. The van der Waals surface area contributed by atoms with E-state index in [1.165, 1.54) is 4.88 Å². The first-order valence-corrected chi connectivity index (χ1v) is 6.36. The molecule has 0 aliphatic rings. The van der Waals surface area contributed by atoms with Crippen molar-refractivity contribution in [2.75, 3.05) is 26.7 Å². The predicted molar refractivity (Wildman–Crippen MR) is 66.7 cm³/mol. The Morgan fingerprint density at radius 2 is 2.38 bits per heavy atom. The molecule has 16 heavy (non-hydrogen) atoms. The van der Waals surface area contributed by atoms with E-state index in [1.807, 2.05) is 26.4 Å². The SMILES string of the molecule is CCN(C)C(=O)CNCCc1scnc1C. The number of rotatable bonds is 6. The van der Waals surface area contributed by atoms with Crippen molar-refractivity contribution in [3.05, 3.63) is 16.1 Å². The van der Waals surface area contributed by atoms with E-state index in [4.69, 9.17) is 0 Å². The van der Waals surface area contributed by atoms with Crippen molar-refractivity contribution < 1.29 is 4.79 Å². The number of nitrogens with one attached hydrogen (secondary N) is 1. The molecule has 90 valence electrons. The van der Waals surface area contributed by atoms with Gasteiger partial charge in [0.15, 0.2) is 0 Å². The fourth-order valence-corrected chi connectivity index (χ4v) is 2.06. The van der Waals surface area contributed by atoms with Gasteiger partial charge in [0.05, 0.1) is 17.7 Å². The van der Waals surface area contributed by atoms with E-state index in [0.29, 0.717) is 6.54 Å². The molecule has 0 spiro atoms. The fourth-order valence-electron chi connectivity index (χ4n) is 1.27. The Morgan fingerprint density at radius 3 is 2.94 bits per heavy atom. The van der Waals surface area contributed by atoms with Gasteiger partial charge < -0.3 is 10.2 Å². The van der Waals surface area contributed by atoms with Crippen molar-refractivity contribution in [3.63, 3.8) is 0 Å². The first-order valence-electron chi connectivity index (χ1n) is 5.48. The molecule has 1 rings (SSSR count). The van der Waals surface area contributed by atoms with E-state index in [0.717, 1.165) is 25.2 Å². The Balaban J connectivity index is 2.17. The number of carbonyl (C=O) groups is 1. The average molecular weight is 241 g/mol. The summed E-state index contributed by atoms with van der Waals surface area (Å²) in [5, 5.41) is 3.15. The Labute approximate surface area is 101 Å². The van der Waals surface area contributed by atoms with Gasteiger partial charge in [-0.05, 0) is 20.3 Å². The molecule has 0 aliphatic carbocycles. The number of aromatic nitrogens is 1. The molecule has 1 aromatic rings. The highest BCUT2D eigenvalue weighted by atomic mass is 32.1. The minimum atomic E-state index is 0.142. The van der Waals surface area contributed by atoms with Gasteiger partial charge in [0.1, 0.15) is 0 Å². The summed E-state index contributed by atoms with van der Waals surface area (Å²) in [6.45, 7) is 5.99. The number of carbonyl (C=O) groups excluding carboxylic acids is 1. The summed E-state index contributed by atoms with van der Waals surface area (Å²) >= 11 is 1.67. The molecule has 1 N–H and O–H groups in total. The minimum absolute atomic E-state index is 0.142. The van der Waals surface area contributed by atoms with Crippen LogP contribution in [-0.2, 0) is 11.2 Å². The van der Waals surface area contributed by atoms with Gasteiger partial charge >= 0.3 is 0 Å². The largest absolute Gasteiger partial charge is 0.345 e. The van der Waals surface area contributed by atoms with E-state index >= 15 is 0 Å². The zero-order valence-electron chi connectivity index (χ0n) is 10.1. The summed E-state index contributed by atoms with van der Waals surface area (Å²) in [7, 11) is 1.82. The van der Waals surface area contributed by atoms with Crippen LogP contribution in [0.15, 0.2) is 5.51 Å². The fraction of sp³-hybridized carbons (Fsp3) is 0.636. The van der Waals surface area contributed by atoms with Crippen LogP contribution in [0.3, 0.4) is 0 Å². The van der Waals surface area contributed by atoms with Gasteiger partial charge in [-0.3, -0.25) is 4.79 Å². The lowest BCUT2D eigenvalue weighted by atomic mass is 10.3. The molecular weight excluding hydrogens is 222 g/mol. The van der Waals surface area contributed by atoms with Gasteiger partial charge in [-0.15, -0.1) is 11.3 Å². The van der Waals surface area contributed by atoms with Crippen LogP contribution in [0.2, 0.25) is 0 Å². The van der Waals surface area contributed by atoms with Crippen molar-refractivity contribution >= 4 is 17.2 Å². The molecule has 0 fully saturated rings. The summed E-state index contributed by atoms with van der Waals surface area (Å²) in [6.07, 6.45) is 0.944. The minimum Gasteiger partial charge on any atom is -0.345 e. The first kappa shape index (κ1) is 13.1. The van der Waals surface area contributed by atoms with Crippen molar-refractivity contribution in [3.8, 4) is 0 Å². The van der Waals surface area contributed by atoms with Crippen LogP contribution in [0.1, 0.15) is 17.5 Å². The standard InChI is InChI=1S/C11H19N3OS/c1-4-14(3)11(15)7-12-6-5-10-9(2)13-8-16-10/h8,12H,4-7H2,1-3H3. The normalized spacial score (nSPS) is 10.4. The van der Waals surface area contributed by atoms with Gasteiger partial charge in [0.2, 0.25) is 5.91 Å². The van der Waals surface area contributed by atoms with Crippen LogP contribution in [0.5, 0.6) is 0 Å². The van der Waals surface area contributed by atoms with E-state index in [2.05, 4.69) is 10.3 Å². The van der Waals surface area contributed by atoms with Crippen molar-refractivity contribution in [1.29, 1.82) is 0 Å². The van der Waals surface area contributed by atoms with Gasteiger partial charge in [-0.1, -0.05) is 0 Å². The number of hydrogen-bond acceptors (Lipinski definition) is 4. The third kappa shape index (κ3) is 3.90. The second kappa shape index (κ2) is 6.60. The molecule has 4 nitrogen and oxygen atoms in total. The first-order chi connectivity index (χ1) is 7.65. The Morgan fingerprint density at radius 1 is 1.62 bits per heavy atom. The summed E-state index contributed by atoms with van der Waals surface area (Å²) in [4.78, 5) is 18.7. The molecule has 0 radical (unpaired) electrons. The van der Waals surface area contributed by atoms with Gasteiger partial charge in [-0.25, -0.2) is 4.98 Å². The quantitative estimate of drug-likeness (QED) is 0.758. The highest BCUT2D eigenvalue weighted by Crippen LogP contribution is 2.11. The monoisotopic (exact) mass is 241 g/mol. The number of aryl methyl sites for hydroxylation is 1. The average Bonchev–Trinajstić information content (AvgIpc) is 2.69. The summed E-state index contributed by atoms with van der Waals surface area (Å²) < 4.78 is 0. The second-order valence-corrected chi connectivity index (χ2v) is 4.63. The van der Waals surface area contributed by atoms with Crippen LogP contribution < -0.4 is 5.32 Å². The lowest BCUT2D eigenvalue weighted by Gasteiger charge is -2.14. The van der Waals surface area contributed by atoms with E-state index in [-0.39, 0.29) is 5.91 Å². The Bertz CT molecular complexity index is 338. The Kier molecular flexibility index (Phi) is 5.42. The topological polar surface area (TPSA) is 45.2 Å². The number of nitrogens with zero attached hydrogens (tertiary/aromatic N) is 2. The van der Waals surface area contributed by atoms with E-state index < -0.39 is 0 Å². The molecule has 1 aromatic heterocycles. The summed E-state index contributed by atoms with van der Waals surface area (Å²) in [6, 6.07) is 0. The van der Waals surface area contributed by atoms with Crippen molar-refractivity contribution in [2.24, 2.45) is 0 Å². The third-order valence-electron chi connectivity index (χ3n) is 2.55. The van der Waals surface area contributed by atoms with Crippen LogP contribution >= 0.6 is 11.3 Å². The molecule has 0 unspecified atom stereocenters. The molecular formula is C11H19N3OS. The molecule has 1 heterocycles. The molecule has 5 heteroatoms. The number of thiazole rings is 1. The maximum atomic E-state index is 11.5. The molecule has 0 saturated heterocycles. The number of amides is 1. The zero-order valence-corrected chi connectivity index (χ0v) is 10.9. The van der Waals surface area contributed by atoms with Gasteiger partial charge in [0.25, 0.3) is 0 Å². The number of hydrogen-bond donors (Lipinski definition) is 1. The smallest absolute Gasteiger partial charge is 0.236 e. The lowest BCUT2D eigenvalue weighted by Crippen LogP contribution is -2.36. The van der Waals surface area contributed by atoms with Gasteiger partial charge in [0, 0.05) is 25.0 Å². The van der Waals surface area contributed by atoms with Crippen LogP contribution in [0, 0.1) is 6.92 Å². The molecule has 0 bridgehead atoms. The maximum Gasteiger partial charge on any atom is 0.236 e. The van der Waals surface area contributed by atoms with Crippen molar-refractivity contribution in [2.45, 2.75) is 20.3 Å². The maximum absolute atomic E-state index is 11.5. The lowest BCUT2D eigenvalue weighted by molar-refractivity contribution is -0.128. The Hall–Kier alpha value is -0.940. The van der Waals surface area contributed by atoms with E-state index in [1.54, 1.807) is 16.2 Å².